The van der Waals surface area contributed by atoms with Crippen LogP contribution >= 0.6 is 0 Å². The maximum Gasteiger partial charge on any atom is 0.407 e. The van der Waals surface area contributed by atoms with Crippen LogP contribution in [0.5, 0.6) is 0 Å². The fourth-order valence-electron chi connectivity index (χ4n) is 3.77. The molecular formula is C18H35N3O2. The van der Waals surface area contributed by atoms with Crippen LogP contribution in [-0.4, -0.2) is 54.9 Å². The lowest BCUT2D eigenvalue weighted by Crippen LogP contribution is -2.50. The zero-order valence-corrected chi connectivity index (χ0v) is 15.5. The third kappa shape index (κ3) is 5.96. The number of carbonyl (C=O) groups is 1. The van der Waals surface area contributed by atoms with E-state index >= 15 is 0 Å². The molecule has 1 saturated carbocycles. The van der Waals surface area contributed by atoms with E-state index in [4.69, 9.17) is 4.74 Å². The Hall–Kier alpha value is -0.810. The van der Waals surface area contributed by atoms with E-state index in [1.807, 2.05) is 20.8 Å². The molecule has 1 aliphatic heterocycles. The molecule has 1 aliphatic carbocycles. The number of nitrogens with one attached hydrogen (secondary N) is 2. The van der Waals surface area contributed by atoms with Crippen LogP contribution in [0.2, 0.25) is 0 Å². The average molecular weight is 325 g/mol. The Morgan fingerprint density at radius 2 is 2.00 bits per heavy atom. The first-order valence-electron chi connectivity index (χ1n) is 9.18. The van der Waals surface area contributed by atoms with E-state index in [2.05, 4.69) is 29.5 Å². The molecule has 5 heteroatoms. The highest BCUT2D eigenvalue weighted by Crippen LogP contribution is 2.27. The molecule has 0 bridgehead atoms. The molecule has 2 fully saturated rings. The van der Waals surface area contributed by atoms with E-state index in [1.165, 1.54) is 38.6 Å². The lowest BCUT2D eigenvalue weighted by atomic mass is 9.96. The summed E-state index contributed by atoms with van der Waals surface area (Å²) in [5, 5.41) is 6.83. The number of rotatable bonds is 4. The van der Waals surface area contributed by atoms with Crippen LogP contribution in [0.15, 0.2) is 0 Å². The standard InChI is InChI=1S/C18H35N3O2/c1-13-11-15(9-10-21(13)5)20-16-8-6-7-14(16)12-19-17(22)23-18(2,3)4/h13-16,20H,6-12H2,1-5H3,(H,19,22). The van der Waals surface area contributed by atoms with Gasteiger partial charge in [0, 0.05) is 24.7 Å². The highest BCUT2D eigenvalue weighted by Gasteiger charge is 2.31. The summed E-state index contributed by atoms with van der Waals surface area (Å²) in [5.41, 5.74) is -0.429. The second kappa shape index (κ2) is 7.84. The van der Waals surface area contributed by atoms with Crippen molar-refractivity contribution in [3.8, 4) is 0 Å². The summed E-state index contributed by atoms with van der Waals surface area (Å²) in [7, 11) is 2.21. The molecule has 0 radical (unpaired) electrons. The van der Waals surface area contributed by atoms with E-state index < -0.39 is 5.60 Å². The molecule has 0 aromatic heterocycles. The minimum Gasteiger partial charge on any atom is -0.444 e. The van der Waals surface area contributed by atoms with Crippen LogP contribution in [0.3, 0.4) is 0 Å². The summed E-state index contributed by atoms with van der Waals surface area (Å²) >= 11 is 0. The van der Waals surface area contributed by atoms with Gasteiger partial charge in [0.1, 0.15) is 5.60 Å². The van der Waals surface area contributed by atoms with Crippen molar-refractivity contribution >= 4 is 6.09 Å². The van der Waals surface area contributed by atoms with E-state index in [1.54, 1.807) is 0 Å². The van der Waals surface area contributed by atoms with Crippen LogP contribution in [0.4, 0.5) is 4.79 Å². The van der Waals surface area contributed by atoms with Gasteiger partial charge in [0.25, 0.3) is 0 Å². The topological polar surface area (TPSA) is 53.6 Å². The molecule has 4 unspecified atom stereocenters. The average Bonchev–Trinajstić information content (AvgIpc) is 2.86. The van der Waals surface area contributed by atoms with Gasteiger partial charge in [0.2, 0.25) is 0 Å². The highest BCUT2D eigenvalue weighted by atomic mass is 16.6. The minimum absolute atomic E-state index is 0.295. The number of ether oxygens (including phenoxy) is 1. The van der Waals surface area contributed by atoms with Gasteiger partial charge < -0.3 is 20.3 Å². The number of alkyl carbamates (subject to hydrolysis) is 1. The Balaban J connectivity index is 1.76. The first-order valence-corrected chi connectivity index (χ1v) is 9.18. The lowest BCUT2D eigenvalue weighted by molar-refractivity contribution is 0.0516. The largest absolute Gasteiger partial charge is 0.444 e. The first kappa shape index (κ1) is 18.5. The molecule has 1 heterocycles. The number of likely N-dealkylation sites (tertiary alicyclic amines) is 1. The van der Waals surface area contributed by atoms with Crippen molar-refractivity contribution in [1.29, 1.82) is 0 Å². The monoisotopic (exact) mass is 325 g/mol. The lowest BCUT2D eigenvalue weighted by Gasteiger charge is -2.37. The summed E-state index contributed by atoms with van der Waals surface area (Å²) < 4.78 is 5.33. The highest BCUT2D eigenvalue weighted by molar-refractivity contribution is 5.67. The van der Waals surface area contributed by atoms with Gasteiger partial charge in [-0.3, -0.25) is 0 Å². The van der Waals surface area contributed by atoms with E-state index in [0.717, 1.165) is 6.54 Å². The van der Waals surface area contributed by atoms with Gasteiger partial charge in [-0.05, 0) is 72.9 Å². The quantitative estimate of drug-likeness (QED) is 0.834. The Bertz CT molecular complexity index is 394. The SMILES string of the molecule is CC1CC(NC2CCCC2CNC(=O)OC(C)(C)C)CCN1C. The second-order valence-electron chi connectivity index (χ2n) is 8.40. The molecular weight excluding hydrogens is 290 g/mol. The summed E-state index contributed by atoms with van der Waals surface area (Å²) in [5.74, 6) is 0.525. The number of piperidine rings is 1. The zero-order chi connectivity index (χ0) is 17.0. The molecule has 0 aromatic rings. The predicted octanol–water partition coefficient (Wildman–Crippen LogP) is 2.75. The fraction of sp³-hybridized carbons (Fsp3) is 0.944. The van der Waals surface area contributed by atoms with E-state index in [0.29, 0.717) is 24.0 Å². The van der Waals surface area contributed by atoms with Gasteiger partial charge in [0.15, 0.2) is 0 Å². The Morgan fingerprint density at radius 1 is 1.26 bits per heavy atom. The number of carbonyl (C=O) groups excluding carboxylic acids is 1. The van der Waals surface area contributed by atoms with Gasteiger partial charge in [-0.25, -0.2) is 4.79 Å². The van der Waals surface area contributed by atoms with Gasteiger partial charge in [0.05, 0.1) is 0 Å². The van der Waals surface area contributed by atoms with Crippen molar-refractivity contribution in [2.45, 2.75) is 83.5 Å². The molecule has 23 heavy (non-hydrogen) atoms. The third-order valence-corrected chi connectivity index (χ3v) is 5.22. The number of nitrogens with zero attached hydrogens (tertiary/aromatic N) is 1. The van der Waals surface area contributed by atoms with Crippen molar-refractivity contribution in [2.75, 3.05) is 20.1 Å². The van der Waals surface area contributed by atoms with Gasteiger partial charge >= 0.3 is 6.09 Å². The molecule has 134 valence electrons. The van der Waals surface area contributed by atoms with E-state index in [-0.39, 0.29) is 6.09 Å². The maximum absolute atomic E-state index is 11.8. The van der Waals surface area contributed by atoms with Crippen molar-refractivity contribution in [3.05, 3.63) is 0 Å². The van der Waals surface area contributed by atoms with Gasteiger partial charge in [-0.2, -0.15) is 0 Å². The molecule has 1 amide bonds. The van der Waals surface area contributed by atoms with Gasteiger partial charge in [-0.15, -0.1) is 0 Å². The molecule has 0 spiro atoms. The van der Waals surface area contributed by atoms with Crippen LogP contribution < -0.4 is 10.6 Å². The molecule has 1 saturated heterocycles. The summed E-state index contributed by atoms with van der Waals surface area (Å²) in [6, 6.07) is 1.81. The molecule has 2 aliphatic rings. The van der Waals surface area contributed by atoms with Crippen molar-refractivity contribution in [1.82, 2.24) is 15.5 Å². The third-order valence-electron chi connectivity index (χ3n) is 5.22. The second-order valence-corrected chi connectivity index (χ2v) is 8.40. The summed E-state index contributed by atoms with van der Waals surface area (Å²) in [6.45, 7) is 9.89. The minimum atomic E-state index is -0.429. The number of amides is 1. The molecule has 4 atom stereocenters. The Labute approximate surface area is 141 Å². The Morgan fingerprint density at radius 3 is 2.65 bits per heavy atom. The van der Waals surface area contributed by atoms with Crippen molar-refractivity contribution < 1.29 is 9.53 Å². The Kier molecular flexibility index (Phi) is 6.32. The van der Waals surface area contributed by atoms with Crippen molar-refractivity contribution in [3.63, 3.8) is 0 Å². The zero-order valence-electron chi connectivity index (χ0n) is 15.5. The summed E-state index contributed by atoms with van der Waals surface area (Å²) in [4.78, 5) is 14.3. The van der Waals surface area contributed by atoms with E-state index in [9.17, 15) is 4.79 Å². The van der Waals surface area contributed by atoms with Crippen LogP contribution in [0, 0.1) is 5.92 Å². The van der Waals surface area contributed by atoms with Gasteiger partial charge in [-0.1, -0.05) is 6.42 Å². The van der Waals surface area contributed by atoms with Crippen LogP contribution in [0.1, 0.15) is 59.8 Å². The first-order chi connectivity index (χ1) is 10.7. The maximum atomic E-state index is 11.8. The van der Waals surface area contributed by atoms with Crippen molar-refractivity contribution in [2.24, 2.45) is 5.92 Å². The van der Waals surface area contributed by atoms with Crippen LogP contribution in [0.25, 0.3) is 0 Å². The smallest absolute Gasteiger partial charge is 0.407 e. The molecule has 2 rings (SSSR count). The normalized spacial score (nSPS) is 32.7. The molecule has 0 aromatic carbocycles. The predicted molar refractivity (Wildman–Crippen MR) is 93.6 cm³/mol. The molecule has 5 nitrogen and oxygen atoms in total. The summed E-state index contributed by atoms with van der Waals surface area (Å²) in [6.07, 6.45) is 5.82. The fourth-order valence-corrected chi connectivity index (χ4v) is 3.77. The van der Waals surface area contributed by atoms with Crippen LogP contribution in [-0.2, 0) is 4.74 Å². The number of hydrogen-bond donors (Lipinski definition) is 2. The molecule has 2 N–H and O–H groups in total. The number of hydrogen-bond acceptors (Lipinski definition) is 4.